The lowest BCUT2D eigenvalue weighted by Crippen LogP contribution is -2.62. The third-order valence-corrected chi connectivity index (χ3v) is 5.64. The third-order valence-electron chi connectivity index (χ3n) is 5.64. The molecule has 0 radical (unpaired) electrons. The molecule has 0 bridgehead atoms. The van der Waals surface area contributed by atoms with Crippen molar-refractivity contribution in [1.82, 2.24) is 9.80 Å². The van der Waals surface area contributed by atoms with Crippen molar-refractivity contribution in [3.8, 4) is 0 Å². The molecule has 2 fully saturated rings. The van der Waals surface area contributed by atoms with E-state index in [1.165, 1.54) is 0 Å². The summed E-state index contributed by atoms with van der Waals surface area (Å²) >= 11 is 0. The number of hydrogen-bond acceptors (Lipinski definition) is 3. The Hall–Kier alpha value is -1.53. The van der Waals surface area contributed by atoms with Gasteiger partial charge in [-0.2, -0.15) is 0 Å². The fourth-order valence-electron chi connectivity index (χ4n) is 4.00. The summed E-state index contributed by atoms with van der Waals surface area (Å²) in [5.41, 5.74) is 0.141. The lowest BCUT2D eigenvalue weighted by atomic mass is 9.88. The van der Waals surface area contributed by atoms with Gasteiger partial charge in [-0.05, 0) is 51.7 Å². The first-order valence-electron chi connectivity index (χ1n) is 9.45. The Labute approximate surface area is 154 Å². The summed E-state index contributed by atoms with van der Waals surface area (Å²) < 4.78 is 33.2. The van der Waals surface area contributed by atoms with Gasteiger partial charge in [0.15, 0.2) is 11.6 Å². The highest BCUT2D eigenvalue weighted by molar-refractivity contribution is 5.81. The van der Waals surface area contributed by atoms with Gasteiger partial charge in [0.1, 0.15) is 6.10 Å². The van der Waals surface area contributed by atoms with Crippen LogP contribution in [0.4, 0.5) is 8.78 Å². The number of benzene rings is 1. The molecule has 2 aliphatic heterocycles. The zero-order chi connectivity index (χ0) is 18.9. The summed E-state index contributed by atoms with van der Waals surface area (Å²) in [6.07, 6.45) is 1.78. The van der Waals surface area contributed by atoms with Gasteiger partial charge in [-0.1, -0.05) is 12.1 Å². The van der Waals surface area contributed by atoms with Crippen LogP contribution in [0.25, 0.3) is 0 Å². The summed E-state index contributed by atoms with van der Waals surface area (Å²) in [6.45, 7) is 8.91. The molecular formula is C20H28F2N2O2. The molecule has 2 heterocycles. The largest absolute Gasteiger partial charge is 0.360 e. The predicted molar refractivity (Wildman–Crippen MR) is 95.9 cm³/mol. The van der Waals surface area contributed by atoms with Crippen molar-refractivity contribution in [1.29, 1.82) is 0 Å². The maximum Gasteiger partial charge on any atom is 0.251 e. The molecule has 2 aliphatic rings. The van der Waals surface area contributed by atoms with E-state index in [9.17, 15) is 13.6 Å². The number of carbonyl (C=O) groups excluding carboxylic acids is 1. The molecule has 0 aliphatic carbocycles. The lowest BCUT2D eigenvalue weighted by Gasteiger charge is -2.50. The van der Waals surface area contributed by atoms with Gasteiger partial charge in [0.2, 0.25) is 0 Å². The Kier molecular flexibility index (Phi) is 5.63. The van der Waals surface area contributed by atoms with Gasteiger partial charge in [-0.3, -0.25) is 4.79 Å². The highest BCUT2D eigenvalue weighted by Crippen LogP contribution is 2.33. The van der Waals surface area contributed by atoms with Crippen LogP contribution in [0.15, 0.2) is 18.2 Å². The molecule has 1 aromatic rings. The van der Waals surface area contributed by atoms with Crippen molar-refractivity contribution in [3.05, 3.63) is 35.4 Å². The van der Waals surface area contributed by atoms with E-state index in [-0.39, 0.29) is 17.6 Å². The first-order valence-corrected chi connectivity index (χ1v) is 9.45. The first-order chi connectivity index (χ1) is 12.3. The fourth-order valence-corrected chi connectivity index (χ4v) is 4.00. The Balaban J connectivity index is 1.57. The van der Waals surface area contributed by atoms with Crippen molar-refractivity contribution in [2.75, 3.05) is 26.2 Å². The average molecular weight is 366 g/mol. The Morgan fingerprint density at radius 3 is 2.62 bits per heavy atom. The van der Waals surface area contributed by atoms with Crippen LogP contribution in [0, 0.1) is 11.6 Å². The fraction of sp³-hybridized carbons (Fsp3) is 0.650. The van der Waals surface area contributed by atoms with Crippen LogP contribution in [-0.4, -0.2) is 59.6 Å². The topological polar surface area (TPSA) is 32.8 Å². The normalized spacial score (nSPS) is 23.8. The summed E-state index contributed by atoms with van der Waals surface area (Å²) in [5, 5.41) is 0. The Bertz CT molecular complexity index is 657. The maximum atomic E-state index is 13.8. The Morgan fingerprint density at radius 1 is 1.27 bits per heavy atom. The molecule has 0 N–H and O–H groups in total. The zero-order valence-corrected chi connectivity index (χ0v) is 15.8. The Morgan fingerprint density at radius 2 is 1.96 bits per heavy atom. The molecular weight excluding hydrogens is 338 g/mol. The average Bonchev–Trinajstić information content (AvgIpc) is 2.61. The highest BCUT2D eigenvalue weighted by atomic mass is 19.2. The summed E-state index contributed by atoms with van der Waals surface area (Å²) in [4.78, 5) is 16.5. The van der Waals surface area contributed by atoms with Gasteiger partial charge in [-0.25, -0.2) is 8.78 Å². The first kappa shape index (κ1) is 19.2. The molecule has 26 heavy (non-hydrogen) atoms. The predicted octanol–water partition coefficient (Wildman–Crippen LogP) is 3.00. The van der Waals surface area contributed by atoms with Crippen molar-refractivity contribution in [2.45, 2.75) is 57.8 Å². The summed E-state index contributed by atoms with van der Waals surface area (Å²) in [7, 11) is 0. The van der Waals surface area contributed by atoms with E-state index >= 15 is 0 Å². The number of piperidine rings is 1. The minimum absolute atomic E-state index is 0.0645. The van der Waals surface area contributed by atoms with E-state index in [0.717, 1.165) is 32.0 Å². The number of ether oxygens (including phenoxy) is 1. The van der Waals surface area contributed by atoms with Crippen molar-refractivity contribution < 1.29 is 18.3 Å². The zero-order valence-electron chi connectivity index (χ0n) is 15.8. The monoisotopic (exact) mass is 366 g/mol. The number of carbonyl (C=O) groups is 1. The standard InChI is InChI=1S/C20H28F2N2O2/c1-14(2)24-13-20(26-15(3)19(24)25)8-11-23(12-9-20)10-7-16-5-4-6-17(21)18(16)22/h4-6,14-15H,7-13H2,1-3H3. The van der Waals surface area contributed by atoms with E-state index < -0.39 is 17.7 Å². The molecule has 1 amide bonds. The molecule has 0 saturated carbocycles. The number of rotatable bonds is 4. The lowest BCUT2D eigenvalue weighted by molar-refractivity contribution is -0.192. The van der Waals surface area contributed by atoms with Crippen molar-refractivity contribution >= 4 is 5.91 Å². The second kappa shape index (κ2) is 7.61. The molecule has 144 valence electrons. The van der Waals surface area contributed by atoms with Gasteiger partial charge in [0, 0.05) is 25.7 Å². The molecule has 2 saturated heterocycles. The van der Waals surface area contributed by atoms with E-state index in [1.807, 2.05) is 25.7 Å². The molecule has 3 rings (SSSR count). The van der Waals surface area contributed by atoms with Crippen molar-refractivity contribution in [3.63, 3.8) is 0 Å². The van der Waals surface area contributed by atoms with Crippen LogP contribution >= 0.6 is 0 Å². The number of likely N-dealkylation sites (tertiary alicyclic amines) is 1. The van der Waals surface area contributed by atoms with Gasteiger partial charge in [0.05, 0.1) is 12.1 Å². The van der Waals surface area contributed by atoms with Crippen molar-refractivity contribution in [2.24, 2.45) is 0 Å². The number of halogens is 2. The van der Waals surface area contributed by atoms with Gasteiger partial charge >= 0.3 is 0 Å². The number of nitrogens with zero attached hydrogens (tertiary/aromatic N) is 2. The summed E-state index contributed by atoms with van der Waals surface area (Å²) in [6, 6.07) is 4.50. The van der Waals surface area contributed by atoms with Gasteiger partial charge in [-0.15, -0.1) is 0 Å². The molecule has 1 spiro atoms. The number of amides is 1. The van der Waals surface area contributed by atoms with Crippen LogP contribution in [0.3, 0.4) is 0 Å². The van der Waals surface area contributed by atoms with Crippen LogP contribution in [-0.2, 0) is 16.0 Å². The number of morpholine rings is 1. The van der Waals surface area contributed by atoms with E-state index in [4.69, 9.17) is 4.74 Å². The molecule has 1 unspecified atom stereocenters. The minimum atomic E-state index is -0.789. The highest BCUT2D eigenvalue weighted by Gasteiger charge is 2.45. The SMILES string of the molecule is CC1OC2(CCN(CCc3cccc(F)c3F)CC2)CN(C(C)C)C1=O. The van der Waals surface area contributed by atoms with Crippen LogP contribution < -0.4 is 0 Å². The molecule has 6 heteroatoms. The minimum Gasteiger partial charge on any atom is -0.360 e. The summed E-state index contributed by atoms with van der Waals surface area (Å²) in [5.74, 6) is -1.46. The van der Waals surface area contributed by atoms with Crippen LogP contribution in [0.1, 0.15) is 39.2 Å². The molecule has 1 aromatic carbocycles. The smallest absolute Gasteiger partial charge is 0.251 e. The van der Waals surface area contributed by atoms with E-state index in [1.54, 1.807) is 12.1 Å². The molecule has 4 nitrogen and oxygen atoms in total. The molecule has 0 aromatic heterocycles. The quantitative estimate of drug-likeness (QED) is 0.821. The van der Waals surface area contributed by atoms with Crippen LogP contribution in [0.2, 0.25) is 0 Å². The van der Waals surface area contributed by atoms with Gasteiger partial charge < -0.3 is 14.5 Å². The molecule has 1 atom stereocenters. The van der Waals surface area contributed by atoms with E-state index in [0.29, 0.717) is 25.1 Å². The third kappa shape index (κ3) is 3.91. The van der Waals surface area contributed by atoms with Crippen LogP contribution in [0.5, 0.6) is 0 Å². The van der Waals surface area contributed by atoms with Gasteiger partial charge in [0.25, 0.3) is 5.91 Å². The number of hydrogen-bond donors (Lipinski definition) is 0. The maximum absolute atomic E-state index is 13.8. The van der Waals surface area contributed by atoms with E-state index in [2.05, 4.69) is 4.90 Å². The second-order valence-electron chi connectivity index (χ2n) is 7.81. The second-order valence-corrected chi connectivity index (χ2v) is 7.81.